The lowest BCUT2D eigenvalue weighted by molar-refractivity contribution is 0.133. The molecule has 0 aromatic carbocycles. The average Bonchev–Trinajstić information content (AvgIpc) is 2.43. The predicted octanol–water partition coefficient (Wildman–Crippen LogP) is -0.0242. The van der Waals surface area contributed by atoms with Gasteiger partial charge < -0.3 is 5.73 Å². The van der Waals surface area contributed by atoms with Gasteiger partial charge in [0.1, 0.15) is 0 Å². The molecule has 0 amide bonds. The molecule has 0 aromatic heterocycles. The fourth-order valence-corrected chi connectivity index (χ4v) is 3.70. The van der Waals surface area contributed by atoms with Gasteiger partial charge in [-0.2, -0.15) is 12.7 Å². The molecule has 0 saturated carbocycles. The monoisotopic (exact) mass is 292 g/mol. The zero-order valence-corrected chi connectivity index (χ0v) is 13.0. The van der Waals surface area contributed by atoms with Crippen LogP contribution in [0.15, 0.2) is 0 Å². The van der Waals surface area contributed by atoms with E-state index >= 15 is 0 Å². The van der Waals surface area contributed by atoms with Crippen molar-refractivity contribution in [1.29, 1.82) is 0 Å². The van der Waals surface area contributed by atoms with Crippen molar-refractivity contribution in [2.24, 2.45) is 5.73 Å². The summed E-state index contributed by atoms with van der Waals surface area (Å²) in [7, 11) is -3.29. The molecule has 1 heterocycles. The number of piperazine rings is 1. The smallest absolute Gasteiger partial charge is 0.279 e. The van der Waals surface area contributed by atoms with Gasteiger partial charge in [0, 0.05) is 45.3 Å². The molecule has 0 aromatic rings. The first-order valence-electron chi connectivity index (χ1n) is 7.24. The molecule has 114 valence electrons. The summed E-state index contributed by atoms with van der Waals surface area (Å²) in [5.41, 5.74) is 5.79. The van der Waals surface area contributed by atoms with Crippen LogP contribution in [-0.2, 0) is 10.2 Å². The quantitative estimate of drug-likeness (QED) is 0.659. The number of nitrogens with zero attached hydrogens (tertiary/aromatic N) is 2. The molecular formula is C12H28N4O2S. The zero-order chi connectivity index (χ0) is 14.3. The Morgan fingerprint density at radius 2 is 1.79 bits per heavy atom. The topological polar surface area (TPSA) is 78.7 Å². The van der Waals surface area contributed by atoms with Crippen LogP contribution >= 0.6 is 0 Å². The van der Waals surface area contributed by atoms with Crippen molar-refractivity contribution in [3.8, 4) is 0 Å². The van der Waals surface area contributed by atoms with E-state index in [1.165, 1.54) is 0 Å². The molecule has 7 heteroatoms. The van der Waals surface area contributed by atoms with Gasteiger partial charge in [-0.05, 0) is 12.8 Å². The summed E-state index contributed by atoms with van der Waals surface area (Å²) in [6, 6.07) is 0.387. The Kier molecular flexibility index (Phi) is 7.23. The molecule has 1 aliphatic rings. The molecule has 1 aliphatic heterocycles. The van der Waals surface area contributed by atoms with Crippen LogP contribution in [0.5, 0.6) is 0 Å². The molecule has 0 aliphatic carbocycles. The van der Waals surface area contributed by atoms with Crippen molar-refractivity contribution in [1.82, 2.24) is 13.9 Å². The summed E-state index contributed by atoms with van der Waals surface area (Å²) in [5.74, 6) is 0. The molecule has 1 saturated heterocycles. The van der Waals surface area contributed by atoms with E-state index in [1.54, 1.807) is 4.31 Å². The largest absolute Gasteiger partial charge is 0.329 e. The first kappa shape index (κ1) is 16.8. The highest BCUT2D eigenvalue weighted by molar-refractivity contribution is 7.87. The highest BCUT2D eigenvalue weighted by Crippen LogP contribution is 2.12. The van der Waals surface area contributed by atoms with Gasteiger partial charge in [0.05, 0.1) is 0 Å². The van der Waals surface area contributed by atoms with Crippen molar-refractivity contribution in [3.63, 3.8) is 0 Å². The van der Waals surface area contributed by atoms with Gasteiger partial charge in [0.15, 0.2) is 0 Å². The molecule has 3 N–H and O–H groups in total. The van der Waals surface area contributed by atoms with E-state index in [-0.39, 0.29) is 0 Å². The van der Waals surface area contributed by atoms with Gasteiger partial charge in [0.2, 0.25) is 0 Å². The van der Waals surface area contributed by atoms with Crippen molar-refractivity contribution in [3.05, 3.63) is 0 Å². The molecule has 6 nitrogen and oxygen atoms in total. The van der Waals surface area contributed by atoms with E-state index in [0.29, 0.717) is 32.2 Å². The first-order valence-corrected chi connectivity index (χ1v) is 8.68. The lowest BCUT2D eigenvalue weighted by Gasteiger charge is -2.38. The van der Waals surface area contributed by atoms with Crippen LogP contribution in [0.25, 0.3) is 0 Å². The third-order valence-corrected chi connectivity index (χ3v) is 5.17. The minimum Gasteiger partial charge on any atom is -0.329 e. The third-order valence-electron chi connectivity index (χ3n) is 3.56. The summed E-state index contributed by atoms with van der Waals surface area (Å²) < 4.78 is 28.1. The normalized spacial score (nSPS) is 20.6. The maximum Gasteiger partial charge on any atom is 0.279 e. The molecule has 1 fully saturated rings. The van der Waals surface area contributed by atoms with Crippen molar-refractivity contribution >= 4 is 10.2 Å². The molecule has 19 heavy (non-hydrogen) atoms. The Hall–Kier alpha value is -0.210. The molecule has 1 unspecified atom stereocenters. The van der Waals surface area contributed by atoms with Crippen molar-refractivity contribution < 1.29 is 8.42 Å². The highest BCUT2D eigenvalue weighted by Gasteiger charge is 2.28. The van der Waals surface area contributed by atoms with Crippen LogP contribution < -0.4 is 10.5 Å². The Morgan fingerprint density at radius 1 is 1.16 bits per heavy atom. The zero-order valence-electron chi connectivity index (χ0n) is 12.1. The lowest BCUT2D eigenvalue weighted by atomic mass is 10.1. The number of nitrogens with one attached hydrogen (secondary N) is 1. The summed E-state index contributed by atoms with van der Waals surface area (Å²) >= 11 is 0. The first-order chi connectivity index (χ1) is 9.05. The minimum absolute atomic E-state index is 0.387. The average molecular weight is 292 g/mol. The molecule has 0 spiro atoms. The van der Waals surface area contributed by atoms with Gasteiger partial charge in [-0.25, -0.2) is 4.72 Å². The van der Waals surface area contributed by atoms with Gasteiger partial charge in [-0.3, -0.25) is 4.90 Å². The van der Waals surface area contributed by atoms with E-state index < -0.39 is 10.2 Å². The van der Waals surface area contributed by atoms with E-state index in [0.717, 1.165) is 32.4 Å². The highest BCUT2D eigenvalue weighted by atomic mass is 32.2. The summed E-state index contributed by atoms with van der Waals surface area (Å²) in [5, 5.41) is 0. The Bertz CT molecular complexity index is 340. The minimum atomic E-state index is -3.29. The maximum atomic E-state index is 12.0. The second-order valence-electron chi connectivity index (χ2n) is 5.01. The van der Waals surface area contributed by atoms with Crippen molar-refractivity contribution in [2.45, 2.75) is 39.2 Å². The molecule has 1 atom stereocenters. The van der Waals surface area contributed by atoms with E-state index in [4.69, 9.17) is 5.73 Å². The molecule has 0 radical (unpaired) electrons. The molecule has 0 bridgehead atoms. The Balaban J connectivity index is 2.48. The van der Waals surface area contributed by atoms with E-state index in [2.05, 4.69) is 16.5 Å². The van der Waals surface area contributed by atoms with Gasteiger partial charge in [0.25, 0.3) is 10.2 Å². The van der Waals surface area contributed by atoms with Crippen molar-refractivity contribution in [2.75, 3.05) is 39.3 Å². The summed E-state index contributed by atoms with van der Waals surface area (Å²) in [4.78, 5) is 2.31. The van der Waals surface area contributed by atoms with E-state index in [1.807, 2.05) is 6.92 Å². The predicted molar refractivity (Wildman–Crippen MR) is 78.1 cm³/mol. The summed E-state index contributed by atoms with van der Waals surface area (Å²) in [6.07, 6.45) is 3.00. The van der Waals surface area contributed by atoms with Crippen LogP contribution in [0, 0.1) is 0 Å². The lowest BCUT2D eigenvalue weighted by Crippen LogP contribution is -2.55. The number of nitrogens with two attached hydrogens (primary N) is 1. The number of hydrogen-bond acceptors (Lipinski definition) is 4. The number of rotatable bonds is 8. The van der Waals surface area contributed by atoms with Gasteiger partial charge >= 0.3 is 0 Å². The molecule has 1 rings (SSSR count). The van der Waals surface area contributed by atoms with Gasteiger partial charge in [-0.15, -0.1) is 0 Å². The molecular weight excluding hydrogens is 264 g/mol. The fraction of sp³-hybridized carbons (Fsp3) is 1.00. The van der Waals surface area contributed by atoms with Crippen LogP contribution in [0.2, 0.25) is 0 Å². The van der Waals surface area contributed by atoms with Crippen LogP contribution in [0.1, 0.15) is 33.1 Å². The second kappa shape index (κ2) is 8.16. The Labute approximate surface area is 117 Å². The van der Waals surface area contributed by atoms with E-state index in [9.17, 15) is 8.42 Å². The van der Waals surface area contributed by atoms with Gasteiger partial charge in [-0.1, -0.05) is 20.3 Å². The van der Waals surface area contributed by atoms with Crippen LogP contribution in [0.3, 0.4) is 0 Å². The Morgan fingerprint density at radius 3 is 2.26 bits per heavy atom. The second-order valence-corrected chi connectivity index (χ2v) is 6.77. The summed E-state index contributed by atoms with van der Waals surface area (Å²) in [6.45, 7) is 7.91. The maximum absolute atomic E-state index is 12.0. The standard InChI is InChI=1S/C12H28N4O2S/c1-3-5-12(11-13)15-7-9-16(10-8-15)19(17,18)14-6-4-2/h12,14H,3-11,13H2,1-2H3. The number of hydrogen-bond donors (Lipinski definition) is 2. The SMILES string of the molecule is CCCNS(=O)(=O)N1CCN(C(CN)CCC)CC1. The fourth-order valence-electron chi connectivity index (χ4n) is 2.41. The third kappa shape index (κ3) is 5.00. The van der Waals surface area contributed by atoms with Crippen LogP contribution in [0.4, 0.5) is 0 Å². The van der Waals surface area contributed by atoms with Crippen LogP contribution in [-0.4, -0.2) is 62.9 Å².